The third-order valence-electron chi connectivity index (χ3n) is 5.01. The van der Waals surface area contributed by atoms with Crippen molar-refractivity contribution < 1.29 is 4.79 Å². The highest BCUT2D eigenvalue weighted by atomic mass is 79.9. The number of carbonyl (C=O) groups is 1. The first-order valence-corrected chi connectivity index (χ1v) is 8.38. The summed E-state index contributed by atoms with van der Waals surface area (Å²) >= 11 is 3.40. The minimum atomic E-state index is 0.225. The van der Waals surface area contributed by atoms with Gasteiger partial charge in [0.2, 0.25) is 0 Å². The maximum Gasteiger partial charge on any atom is 0.176 e. The molecular formula is C17H22BrNO. The average Bonchev–Trinajstić information content (AvgIpc) is 3.01. The molecular weight excluding hydrogens is 314 g/mol. The van der Waals surface area contributed by atoms with Crippen LogP contribution in [0, 0.1) is 17.8 Å². The van der Waals surface area contributed by atoms with E-state index in [9.17, 15) is 4.79 Å². The van der Waals surface area contributed by atoms with Crippen molar-refractivity contribution in [3.8, 4) is 0 Å². The second-order valence-corrected chi connectivity index (χ2v) is 7.48. The maximum absolute atomic E-state index is 12.2. The Hall–Kier alpha value is -0.670. The van der Waals surface area contributed by atoms with E-state index in [1.165, 1.54) is 25.7 Å². The largest absolute Gasteiger partial charge is 0.299 e. The Morgan fingerprint density at radius 1 is 1.25 bits per heavy atom. The zero-order valence-corrected chi connectivity index (χ0v) is 13.6. The highest BCUT2D eigenvalue weighted by Crippen LogP contribution is 2.48. The molecule has 3 heteroatoms. The van der Waals surface area contributed by atoms with Crippen molar-refractivity contribution >= 4 is 21.7 Å². The summed E-state index contributed by atoms with van der Waals surface area (Å²) in [5, 5.41) is 0. The number of nitrogens with zero attached hydrogens (tertiary/aromatic N) is 1. The van der Waals surface area contributed by atoms with Gasteiger partial charge >= 0.3 is 0 Å². The molecule has 2 bridgehead atoms. The monoisotopic (exact) mass is 335 g/mol. The SMILES string of the molecule is CN(CC(=O)c1ccc(Br)cc1)CC1CC2CCC1C2. The smallest absolute Gasteiger partial charge is 0.176 e. The fourth-order valence-electron chi connectivity index (χ4n) is 4.04. The molecule has 0 heterocycles. The number of ketones is 1. The van der Waals surface area contributed by atoms with Gasteiger partial charge in [-0.05, 0) is 56.2 Å². The molecule has 3 rings (SSSR count). The van der Waals surface area contributed by atoms with Crippen molar-refractivity contribution in [1.29, 1.82) is 0 Å². The molecule has 0 spiro atoms. The molecule has 3 atom stereocenters. The van der Waals surface area contributed by atoms with Crippen LogP contribution in [0.3, 0.4) is 0 Å². The second-order valence-electron chi connectivity index (χ2n) is 6.56. The molecule has 2 aliphatic rings. The molecule has 0 saturated heterocycles. The normalized spacial score (nSPS) is 28.2. The third-order valence-corrected chi connectivity index (χ3v) is 5.54. The molecule has 2 nitrogen and oxygen atoms in total. The lowest BCUT2D eigenvalue weighted by atomic mass is 9.88. The zero-order chi connectivity index (χ0) is 14.1. The van der Waals surface area contributed by atoms with E-state index in [0.717, 1.165) is 34.3 Å². The molecule has 2 fully saturated rings. The minimum absolute atomic E-state index is 0.225. The molecule has 2 saturated carbocycles. The number of likely N-dealkylation sites (N-methyl/N-ethyl adjacent to an activating group) is 1. The predicted octanol–water partition coefficient (Wildman–Crippen LogP) is 4.00. The van der Waals surface area contributed by atoms with Crippen molar-refractivity contribution in [3.05, 3.63) is 34.3 Å². The predicted molar refractivity (Wildman–Crippen MR) is 84.9 cm³/mol. The van der Waals surface area contributed by atoms with Crippen LogP contribution in [0.2, 0.25) is 0 Å². The third kappa shape index (κ3) is 3.15. The van der Waals surface area contributed by atoms with Gasteiger partial charge in [-0.1, -0.05) is 34.5 Å². The Morgan fingerprint density at radius 3 is 2.60 bits per heavy atom. The molecule has 0 aliphatic heterocycles. The Labute approximate surface area is 129 Å². The van der Waals surface area contributed by atoms with Crippen LogP contribution in [-0.4, -0.2) is 30.8 Å². The van der Waals surface area contributed by atoms with Crippen LogP contribution in [0.5, 0.6) is 0 Å². The number of halogens is 1. The van der Waals surface area contributed by atoms with E-state index in [0.29, 0.717) is 6.54 Å². The molecule has 0 N–H and O–H groups in total. The van der Waals surface area contributed by atoms with Crippen molar-refractivity contribution in [2.24, 2.45) is 17.8 Å². The summed E-state index contributed by atoms with van der Waals surface area (Å²) in [6.07, 6.45) is 5.70. The first kappa shape index (κ1) is 14.3. The Morgan fingerprint density at radius 2 is 2.00 bits per heavy atom. The van der Waals surface area contributed by atoms with E-state index in [4.69, 9.17) is 0 Å². The van der Waals surface area contributed by atoms with E-state index >= 15 is 0 Å². The first-order valence-electron chi connectivity index (χ1n) is 7.59. The molecule has 108 valence electrons. The van der Waals surface area contributed by atoms with Gasteiger partial charge in [0.1, 0.15) is 0 Å². The summed E-state index contributed by atoms with van der Waals surface area (Å²) in [6.45, 7) is 1.62. The average molecular weight is 336 g/mol. The Balaban J connectivity index is 1.52. The number of rotatable bonds is 5. The van der Waals surface area contributed by atoms with Gasteiger partial charge in [0.05, 0.1) is 6.54 Å². The number of benzene rings is 1. The lowest BCUT2D eigenvalue weighted by molar-refractivity contribution is 0.0929. The standard InChI is InChI=1S/C17H22BrNO/c1-19(10-15-9-12-2-3-14(15)8-12)11-17(20)13-4-6-16(18)7-5-13/h4-7,12,14-15H,2-3,8-11H2,1H3. The highest BCUT2D eigenvalue weighted by molar-refractivity contribution is 9.10. The lowest BCUT2D eigenvalue weighted by Gasteiger charge is -2.26. The van der Waals surface area contributed by atoms with E-state index in [2.05, 4.69) is 27.9 Å². The second kappa shape index (κ2) is 5.98. The quantitative estimate of drug-likeness (QED) is 0.758. The van der Waals surface area contributed by atoms with E-state index in [1.807, 2.05) is 24.3 Å². The van der Waals surface area contributed by atoms with Gasteiger partial charge in [0.15, 0.2) is 5.78 Å². The lowest BCUT2D eigenvalue weighted by Crippen LogP contribution is -2.32. The van der Waals surface area contributed by atoms with Crippen molar-refractivity contribution in [1.82, 2.24) is 4.90 Å². The summed E-state index contributed by atoms with van der Waals surface area (Å²) < 4.78 is 1.02. The summed E-state index contributed by atoms with van der Waals surface area (Å²) in [6, 6.07) is 7.67. The molecule has 1 aromatic carbocycles. The number of Topliss-reactive ketones (excluding diaryl/α,β-unsaturated/α-hetero) is 1. The molecule has 0 amide bonds. The number of fused-ring (bicyclic) bond motifs is 2. The van der Waals surface area contributed by atoms with Gasteiger partial charge in [-0.25, -0.2) is 0 Å². The highest BCUT2D eigenvalue weighted by Gasteiger charge is 2.39. The van der Waals surface area contributed by atoms with E-state index in [-0.39, 0.29) is 5.78 Å². The number of carbonyl (C=O) groups excluding carboxylic acids is 1. The molecule has 2 aliphatic carbocycles. The van der Waals surface area contributed by atoms with Crippen LogP contribution < -0.4 is 0 Å². The van der Waals surface area contributed by atoms with Gasteiger partial charge in [-0.3, -0.25) is 9.69 Å². The molecule has 3 unspecified atom stereocenters. The fraction of sp³-hybridized carbons (Fsp3) is 0.588. The van der Waals surface area contributed by atoms with Gasteiger partial charge in [0, 0.05) is 16.6 Å². The Kier molecular flexibility index (Phi) is 4.27. The van der Waals surface area contributed by atoms with Gasteiger partial charge in [0.25, 0.3) is 0 Å². The van der Waals surface area contributed by atoms with E-state index < -0.39 is 0 Å². The van der Waals surface area contributed by atoms with Crippen molar-refractivity contribution in [3.63, 3.8) is 0 Å². The van der Waals surface area contributed by atoms with Crippen LogP contribution >= 0.6 is 15.9 Å². The molecule has 1 aromatic rings. The summed E-state index contributed by atoms with van der Waals surface area (Å²) in [5.74, 6) is 2.98. The van der Waals surface area contributed by atoms with Crippen molar-refractivity contribution in [2.45, 2.75) is 25.7 Å². The first-order chi connectivity index (χ1) is 9.61. The van der Waals surface area contributed by atoms with Crippen LogP contribution in [0.25, 0.3) is 0 Å². The Bertz CT molecular complexity index is 484. The summed E-state index contributed by atoms with van der Waals surface area (Å²) in [4.78, 5) is 14.5. The topological polar surface area (TPSA) is 20.3 Å². The van der Waals surface area contributed by atoms with Crippen LogP contribution in [0.1, 0.15) is 36.0 Å². The molecule has 0 radical (unpaired) electrons. The fourth-order valence-corrected chi connectivity index (χ4v) is 4.30. The van der Waals surface area contributed by atoms with Crippen LogP contribution in [-0.2, 0) is 0 Å². The number of hydrogen-bond acceptors (Lipinski definition) is 2. The van der Waals surface area contributed by atoms with E-state index in [1.54, 1.807) is 0 Å². The zero-order valence-electron chi connectivity index (χ0n) is 12.0. The number of hydrogen-bond donors (Lipinski definition) is 0. The van der Waals surface area contributed by atoms with Gasteiger partial charge < -0.3 is 0 Å². The molecule has 0 aromatic heterocycles. The maximum atomic E-state index is 12.2. The van der Waals surface area contributed by atoms with Crippen LogP contribution in [0.4, 0.5) is 0 Å². The van der Waals surface area contributed by atoms with Gasteiger partial charge in [-0.15, -0.1) is 0 Å². The van der Waals surface area contributed by atoms with Gasteiger partial charge in [-0.2, -0.15) is 0 Å². The molecule has 20 heavy (non-hydrogen) atoms. The summed E-state index contributed by atoms with van der Waals surface area (Å²) in [7, 11) is 2.09. The minimum Gasteiger partial charge on any atom is -0.299 e. The van der Waals surface area contributed by atoms with Crippen LogP contribution in [0.15, 0.2) is 28.7 Å². The van der Waals surface area contributed by atoms with Crippen molar-refractivity contribution in [2.75, 3.05) is 20.1 Å². The summed E-state index contributed by atoms with van der Waals surface area (Å²) in [5.41, 5.74) is 0.813.